The normalized spacial score (nSPS) is 11.4. The van der Waals surface area contributed by atoms with Gasteiger partial charge < -0.3 is 19.1 Å². The quantitative estimate of drug-likeness (QED) is 0.146. The van der Waals surface area contributed by atoms with Crippen molar-refractivity contribution in [3.8, 4) is 0 Å². The Kier molecular flexibility index (Phi) is 8.64. The van der Waals surface area contributed by atoms with E-state index in [-0.39, 0.29) is 0 Å². The zero-order chi connectivity index (χ0) is 39.1. The molecule has 0 spiro atoms. The van der Waals surface area contributed by atoms with E-state index >= 15 is 0 Å². The summed E-state index contributed by atoms with van der Waals surface area (Å²) < 4.78 is 9.41. The van der Waals surface area contributed by atoms with Gasteiger partial charge in [0.25, 0.3) is 0 Å². The molecule has 0 aliphatic heterocycles. The molecule has 0 atom stereocenters. The highest BCUT2D eigenvalue weighted by Crippen LogP contribution is 2.49. The van der Waals surface area contributed by atoms with Gasteiger partial charge in [-0.3, -0.25) is 0 Å². The Balaban J connectivity index is 1.09. The lowest BCUT2D eigenvalue weighted by molar-refractivity contribution is 0.669. The number of hydrogen-bond donors (Lipinski definition) is 0. The maximum atomic E-state index is 6.94. The van der Waals surface area contributed by atoms with Gasteiger partial charge in [0, 0.05) is 65.4 Å². The molecule has 2 aromatic heterocycles. The fourth-order valence-corrected chi connectivity index (χ4v) is 9.50. The molecule has 0 saturated carbocycles. The van der Waals surface area contributed by atoms with Gasteiger partial charge >= 0.3 is 0 Å². The predicted octanol–water partition coefficient (Wildman–Crippen LogP) is 16.4. The maximum Gasteiger partial charge on any atom is 0.161 e. The van der Waals surface area contributed by atoms with Crippen molar-refractivity contribution in [3.63, 3.8) is 0 Å². The summed E-state index contributed by atoms with van der Waals surface area (Å²) in [5.74, 6) is 0. The molecular formula is C54H37N3OS. The molecule has 0 fully saturated rings. The first kappa shape index (κ1) is 34.6. The Hall–Kier alpha value is -7.60. The van der Waals surface area contributed by atoms with Gasteiger partial charge in [-0.15, -0.1) is 11.3 Å². The van der Waals surface area contributed by atoms with Crippen molar-refractivity contribution >= 4 is 105 Å². The molecule has 11 rings (SSSR count). The predicted molar refractivity (Wildman–Crippen MR) is 251 cm³/mol. The molecule has 0 aliphatic rings. The Morgan fingerprint density at radius 2 is 0.763 bits per heavy atom. The van der Waals surface area contributed by atoms with Crippen LogP contribution in [0.15, 0.2) is 229 Å². The Labute approximate surface area is 346 Å². The highest BCUT2D eigenvalue weighted by Gasteiger charge is 2.25. The van der Waals surface area contributed by atoms with Crippen LogP contribution < -0.4 is 14.7 Å². The number of hydrogen-bond acceptors (Lipinski definition) is 5. The van der Waals surface area contributed by atoms with Crippen LogP contribution in [0, 0.1) is 0 Å². The number of para-hydroxylation sites is 6. The van der Waals surface area contributed by atoms with E-state index in [1.807, 2.05) is 17.4 Å². The highest BCUT2D eigenvalue weighted by molar-refractivity contribution is 7.25. The van der Waals surface area contributed by atoms with Crippen LogP contribution in [0.4, 0.5) is 51.2 Å². The molecule has 0 amide bonds. The average molecular weight is 776 g/mol. The molecule has 4 nitrogen and oxygen atoms in total. The van der Waals surface area contributed by atoms with Gasteiger partial charge in [-0.25, -0.2) is 0 Å². The van der Waals surface area contributed by atoms with Crippen LogP contribution in [0.3, 0.4) is 0 Å². The molecule has 59 heavy (non-hydrogen) atoms. The second-order valence-corrected chi connectivity index (χ2v) is 15.6. The minimum absolute atomic E-state index is 0.826. The van der Waals surface area contributed by atoms with E-state index in [1.54, 1.807) is 0 Å². The molecule has 0 saturated heterocycles. The molecular weight excluding hydrogens is 739 g/mol. The summed E-state index contributed by atoms with van der Waals surface area (Å²) in [6, 6.07) is 79.5. The molecule has 0 aliphatic carbocycles. The fourth-order valence-electron chi connectivity index (χ4n) is 8.38. The van der Waals surface area contributed by atoms with Crippen molar-refractivity contribution in [2.75, 3.05) is 14.7 Å². The highest BCUT2D eigenvalue weighted by atomic mass is 32.1. The SMILES string of the molecule is c1ccc(N(c2ccccc2)c2ccc3sc4cc(N(c5ccccc5)c5ccc(N(c6ccccc6)c6ccccc6)c6c5oc5ccccc56)ccc4c3c2)cc1. The van der Waals surface area contributed by atoms with Crippen LogP contribution in [0.25, 0.3) is 42.1 Å². The van der Waals surface area contributed by atoms with Crippen LogP contribution >= 0.6 is 11.3 Å². The molecule has 9 aromatic carbocycles. The standard InChI is InChI=1S/C54H37N3OS/c1-6-18-38(19-7-1)55(39-20-8-2-9-21-39)43-31-35-51-47(36-43)45-32-30-44(37-52(45)59-51)57(42-26-14-5-15-27-42)49-34-33-48(53-46-28-16-17-29-50(46)58-54(49)53)56(40-22-10-3-11-23-40)41-24-12-4-13-25-41/h1-37H. The van der Waals surface area contributed by atoms with Crippen molar-refractivity contribution in [1.29, 1.82) is 0 Å². The van der Waals surface area contributed by atoms with Gasteiger partial charge in [-0.2, -0.15) is 0 Å². The van der Waals surface area contributed by atoms with Crippen molar-refractivity contribution in [2.45, 2.75) is 0 Å². The lowest BCUT2D eigenvalue weighted by atomic mass is 10.0. The molecule has 280 valence electrons. The first-order valence-corrected chi connectivity index (χ1v) is 20.7. The van der Waals surface area contributed by atoms with Crippen LogP contribution in [0.5, 0.6) is 0 Å². The van der Waals surface area contributed by atoms with E-state index in [1.165, 1.54) is 20.2 Å². The molecule has 0 N–H and O–H groups in total. The second kappa shape index (κ2) is 14.7. The summed E-state index contributed by atoms with van der Waals surface area (Å²) in [4.78, 5) is 6.99. The Morgan fingerprint density at radius 1 is 0.305 bits per heavy atom. The van der Waals surface area contributed by atoms with Crippen LogP contribution in [-0.4, -0.2) is 0 Å². The first-order chi connectivity index (χ1) is 29.3. The zero-order valence-corrected chi connectivity index (χ0v) is 32.8. The van der Waals surface area contributed by atoms with Crippen molar-refractivity contribution < 1.29 is 4.42 Å². The third kappa shape index (κ3) is 6.16. The summed E-state index contributed by atoms with van der Waals surface area (Å²) in [6.07, 6.45) is 0. The van der Waals surface area contributed by atoms with E-state index in [2.05, 4.69) is 233 Å². The molecule has 0 unspecified atom stereocenters. The Morgan fingerprint density at radius 3 is 1.34 bits per heavy atom. The van der Waals surface area contributed by atoms with E-state index in [4.69, 9.17) is 4.42 Å². The number of rotatable bonds is 9. The van der Waals surface area contributed by atoms with Gasteiger partial charge in [0.2, 0.25) is 0 Å². The third-order valence-electron chi connectivity index (χ3n) is 11.0. The largest absolute Gasteiger partial charge is 0.454 e. The molecule has 0 bridgehead atoms. The zero-order valence-electron chi connectivity index (χ0n) is 32.0. The summed E-state index contributed by atoms with van der Waals surface area (Å²) in [7, 11) is 0. The van der Waals surface area contributed by atoms with Gasteiger partial charge in [0.1, 0.15) is 5.58 Å². The van der Waals surface area contributed by atoms with Crippen LogP contribution in [0.2, 0.25) is 0 Å². The van der Waals surface area contributed by atoms with Gasteiger partial charge in [0.15, 0.2) is 5.58 Å². The number of benzene rings is 9. The van der Waals surface area contributed by atoms with Crippen molar-refractivity contribution in [2.24, 2.45) is 0 Å². The lowest BCUT2D eigenvalue weighted by Gasteiger charge is -2.29. The van der Waals surface area contributed by atoms with E-state index in [0.717, 1.165) is 73.1 Å². The van der Waals surface area contributed by atoms with Crippen LogP contribution in [0.1, 0.15) is 0 Å². The monoisotopic (exact) mass is 775 g/mol. The van der Waals surface area contributed by atoms with Crippen molar-refractivity contribution in [3.05, 3.63) is 224 Å². The number of nitrogens with zero attached hydrogens (tertiary/aromatic N) is 3. The summed E-state index contributed by atoms with van der Waals surface area (Å²) in [5, 5.41) is 4.60. The fraction of sp³-hybridized carbons (Fsp3) is 0. The lowest BCUT2D eigenvalue weighted by Crippen LogP contribution is -2.12. The minimum atomic E-state index is 0.826. The topological polar surface area (TPSA) is 22.9 Å². The summed E-state index contributed by atoms with van der Waals surface area (Å²) in [6.45, 7) is 0. The van der Waals surface area contributed by atoms with Gasteiger partial charge in [-0.05, 0) is 109 Å². The molecule has 11 aromatic rings. The van der Waals surface area contributed by atoms with E-state index < -0.39 is 0 Å². The first-order valence-electron chi connectivity index (χ1n) is 19.8. The average Bonchev–Trinajstić information content (AvgIpc) is 3.88. The summed E-state index contributed by atoms with van der Waals surface area (Å²) in [5.41, 5.74) is 11.3. The van der Waals surface area contributed by atoms with E-state index in [0.29, 0.717) is 0 Å². The van der Waals surface area contributed by atoms with E-state index in [9.17, 15) is 0 Å². The number of thiophene rings is 1. The third-order valence-corrected chi connectivity index (χ3v) is 12.1. The Bertz CT molecular complexity index is 3140. The van der Waals surface area contributed by atoms with Crippen LogP contribution in [-0.2, 0) is 0 Å². The molecule has 0 radical (unpaired) electrons. The summed E-state index contributed by atoms with van der Waals surface area (Å²) >= 11 is 1.83. The van der Waals surface area contributed by atoms with Gasteiger partial charge in [0.05, 0.1) is 16.8 Å². The minimum Gasteiger partial charge on any atom is -0.454 e. The molecule has 5 heteroatoms. The van der Waals surface area contributed by atoms with Crippen molar-refractivity contribution in [1.82, 2.24) is 0 Å². The van der Waals surface area contributed by atoms with Gasteiger partial charge in [-0.1, -0.05) is 115 Å². The molecule has 2 heterocycles. The number of anilines is 9. The smallest absolute Gasteiger partial charge is 0.161 e. The number of furan rings is 1. The second-order valence-electron chi connectivity index (χ2n) is 14.6. The number of fused-ring (bicyclic) bond motifs is 6. The maximum absolute atomic E-state index is 6.94.